The van der Waals surface area contributed by atoms with Gasteiger partial charge in [-0.15, -0.1) is 11.3 Å². The highest BCUT2D eigenvalue weighted by atomic mass is 35.5. The van der Waals surface area contributed by atoms with Crippen LogP contribution in [0.15, 0.2) is 48.7 Å². The number of thiazole rings is 1. The van der Waals surface area contributed by atoms with Crippen LogP contribution >= 0.6 is 34.5 Å². The monoisotopic (exact) mass is 541 g/mol. The third kappa shape index (κ3) is 4.51. The van der Waals surface area contributed by atoms with E-state index in [-0.39, 0.29) is 0 Å². The van der Waals surface area contributed by atoms with E-state index in [4.69, 9.17) is 37.2 Å². The van der Waals surface area contributed by atoms with E-state index in [9.17, 15) is 0 Å². The van der Waals surface area contributed by atoms with Crippen molar-refractivity contribution < 1.29 is 14.0 Å². The van der Waals surface area contributed by atoms with Crippen LogP contribution in [0.5, 0.6) is 0 Å². The average molecular weight is 542 g/mol. The van der Waals surface area contributed by atoms with Crippen molar-refractivity contribution in [1.82, 2.24) is 9.97 Å². The number of ether oxygens (including phenoxy) is 1. The number of fused-ring (bicyclic) bond motifs is 1. The molecule has 6 nitrogen and oxygen atoms in total. The van der Waals surface area contributed by atoms with Crippen molar-refractivity contribution in [2.24, 2.45) is 0 Å². The van der Waals surface area contributed by atoms with Gasteiger partial charge in [0.05, 0.1) is 33.2 Å². The number of halogens is 2. The normalized spacial score (nSPS) is 16.6. The predicted molar refractivity (Wildman–Crippen MR) is 149 cm³/mol. The minimum absolute atomic E-state index is 0.451. The highest BCUT2D eigenvalue weighted by Crippen LogP contribution is 2.41. The maximum Gasteiger partial charge on any atom is 0.496 e. The summed E-state index contributed by atoms with van der Waals surface area (Å²) in [5, 5.41) is 5.31. The van der Waals surface area contributed by atoms with Crippen LogP contribution in [0.1, 0.15) is 32.7 Å². The molecule has 36 heavy (non-hydrogen) atoms. The molecule has 0 atom stereocenters. The lowest BCUT2D eigenvalue weighted by Crippen LogP contribution is -2.41. The van der Waals surface area contributed by atoms with Gasteiger partial charge in [0.15, 0.2) is 5.82 Å². The molecule has 2 aromatic heterocycles. The third-order valence-electron chi connectivity index (χ3n) is 6.70. The minimum atomic E-state index is -0.574. The second-order valence-corrected chi connectivity index (χ2v) is 11.5. The zero-order valence-electron chi connectivity index (χ0n) is 20.7. The number of nitrogens with one attached hydrogen (secondary N) is 1. The molecule has 1 aliphatic rings. The summed E-state index contributed by atoms with van der Waals surface area (Å²) in [6, 6.07) is 13.5. The Hall–Kier alpha value is -2.20. The molecule has 0 amide bonds. The van der Waals surface area contributed by atoms with Gasteiger partial charge >= 0.3 is 7.12 Å². The van der Waals surface area contributed by atoms with Crippen molar-refractivity contribution in [2.45, 2.75) is 45.5 Å². The molecule has 0 radical (unpaired) electrons. The fourth-order valence-corrected chi connectivity index (χ4v) is 5.58. The van der Waals surface area contributed by atoms with Gasteiger partial charge in [-0.3, -0.25) is 0 Å². The zero-order valence-corrected chi connectivity index (χ0v) is 23.0. The van der Waals surface area contributed by atoms with Crippen molar-refractivity contribution in [3.05, 3.63) is 63.7 Å². The summed E-state index contributed by atoms with van der Waals surface area (Å²) >= 11 is 15.4. The lowest BCUT2D eigenvalue weighted by atomic mass is 9.77. The van der Waals surface area contributed by atoms with Crippen LogP contribution in [-0.2, 0) is 20.7 Å². The lowest BCUT2D eigenvalue weighted by Gasteiger charge is -2.32. The van der Waals surface area contributed by atoms with Gasteiger partial charge < -0.3 is 19.4 Å². The Balaban J connectivity index is 1.50. The topological polar surface area (TPSA) is 65.5 Å². The van der Waals surface area contributed by atoms with Crippen molar-refractivity contribution >= 4 is 68.8 Å². The fraction of sp³-hybridized carbons (Fsp3) is 0.308. The molecule has 2 aromatic carbocycles. The van der Waals surface area contributed by atoms with Crippen LogP contribution in [0.25, 0.3) is 21.3 Å². The number of pyridine rings is 1. The Bertz CT molecular complexity index is 1430. The Morgan fingerprint density at radius 3 is 2.33 bits per heavy atom. The molecule has 1 N–H and O–H groups in total. The van der Waals surface area contributed by atoms with E-state index in [1.165, 1.54) is 0 Å². The summed E-state index contributed by atoms with van der Waals surface area (Å²) in [4.78, 5) is 9.18. The molecule has 1 aliphatic heterocycles. The molecule has 186 valence electrons. The van der Waals surface area contributed by atoms with Crippen LogP contribution < -0.4 is 10.8 Å². The maximum atomic E-state index is 6.93. The molecule has 5 rings (SSSR count). The van der Waals surface area contributed by atoms with Gasteiger partial charge in [0.2, 0.25) is 0 Å². The number of rotatable bonds is 6. The van der Waals surface area contributed by atoms with Crippen molar-refractivity contribution in [3.8, 4) is 11.1 Å². The second-order valence-electron chi connectivity index (χ2n) is 9.64. The van der Waals surface area contributed by atoms with Gasteiger partial charge in [0, 0.05) is 34.9 Å². The van der Waals surface area contributed by atoms with Gasteiger partial charge in [-0.1, -0.05) is 53.5 Å². The van der Waals surface area contributed by atoms with Gasteiger partial charge in [-0.05, 0) is 39.8 Å². The predicted octanol–water partition coefficient (Wildman–Crippen LogP) is 6.85. The first-order valence-corrected chi connectivity index (χ1v) is 13.1. The Morgan fingerprint density at radius 1 is 0.972 bits per heavy atom. The molecular formula is C26H26BCl2N3O3S. The molecule has 0 unspecified atom stereocenters. The molecule has 10 heteroatoms. The first kappa shape index (κ1) is 25.5. The Labute approximate surface area is 225 Å². The molecule has 0 spiro atoms. The van der Waals surface area contributed by atoms with Crippen LogP contribution in [0.4, 0.5) is 11.5 Å². The summed E-state index contributed by atoms with van der Waals surface area (Å²) in [7, 11) is 1.08. The van der Waals surface area contributed by atoms with E-state index < -0.39 is 18.3 Å². The second kappa shape index (κ2) is 9.60. The molecule has 0 bridgehead atoms. The number of benzene rings is 2. The summed E-state index contributed by atoms with van der Waals surface area (Å²) < 4.78 is 18.7. The van der Waals surface area contributed by atoms with E-state index >= 15 is 0 Å². The van der Waals surface area contributed by atoms with Gasteiger partial charge in [0.1, 0.15) is 10.5 Å². The largest absolute Gasteiger partial charge is 0.496 e. The minimum Gasteiger partial charge on any atom is -0.399 e. The van der Waals surface area contributed by atoms with Crippen LogP contribution in [-0.4, -0.2) is 35.4 Å². The number of hydrogen-bond acceptors (Lipinski definition) is 7. The fourth-order valence-electron chi connectivity index (χ4n) is 4.05. The Kier molecular flexibility index (Phi) is 6.79. The molecular weight excluding hydrogens is 516 g/mol. The summed E-state index contributed by atoms with van der Waals surface area (Å²) in [5.41, 5.74) is 2.89. The van der Waals surface area contributed by atoms with Crippen LogP contribution in [0.3, 0.4) is 0 Å². The third-order valence-corrected chi connectivity index (χ3v) is 8.52. The number of aromatic nitrogens is 2. The Morgan fingerprint density at radius 2 is 1.64 bits per heavy atom. The quantitative estimate of drug-likeness (QED) is 0.269. The number of hydrogen-bond donors (Lipinski definition) is 1. The van der Waals surface area contributed by atoms with E-state index in [1.54, 1.807) is 24.6 Å². The molecule has 3 heterocycles. The van der Waals surface area contributed by atoms with E-state index in [1.807, 2.05) is 70.2 Å². The average Bonchev–Trinajstić information content (AvgIpc) is 3.33. The number of anilines is 2. The molecule has 0 saturated carbocycles. The maximum absolute atomic E-state index is 6.93. The van der Waals surface area contributed by atoms with E-state index in [0.29, 0.717) is 28.2 Å². The van der Waals surface area contributed by atoms with Crippen molar-refractivity contribution in [1.29, 1.82) is 0 Å². The molecule has 1 fully saturated rings. The summed E-state index contributed by atoms with van der Waals surface area (Å²) in [5.74, 6) is 0.627. The molecule has 4 aromatic rings. The smallest absolute Gasteiger partial charge is 0.399 e. The highest BCUT2D eigenvalue weighted by Gasteiger charge is 2.52. The molecule has 1 saturated heterocycles. The number of nitrogens with zero attached hydrogens (tertiary/aromatic N) is 2. The van der Waals surface area contributed by atoms with Crippen molar-refractivity contribution in [2.75, 3.05) is 12.4 Å². The van der Waals surface area contributed by atoms with Crippen LogP contribution in [0, 0.1) is 0 Å². The van der Waals surface area contributed by atoms with E-state index in [2.05, 4.69) is 15.3 Å². The first-order chi connectivity index (χ1) is 17.1. The lowest BCUT2D eigenvalue weighted by molar-refractivity contribution is 0.00578. The van der Waals surface area contributed by atoms with Gasteiger partial charge in [-0.25, -0.2) is 9.97 Å². The summed E-state index contributed by atoms with van der Waals surface area (Å²) in [6.45, 7) is 8.53. The van der Waals surface area contributed by atoms with Gasteiger partial charge in [0.25, 0.3) is 0 Å². The standard InChI is InChI=1S/C26H26BCl2N3O3S/c1-25(2)26(3,4)35-27(34-25)17-10-6-8-15(21(17)28)16-9-7-11-18(22(16)29)31-24-23-19(12-13-30-24)36-20(32-23)14-33-5/h6-13H,14H2,1-5H3,(H,30,31). The summed E-state index contributed by atoms with van der Waals surface area (Å²) in [6.07, 6.45) is 1.75. The first-order valence-electron chi connectivity index (χ1n) is 11.5. The SMILES string of the molecule is COCc1nc2c(Nc3cccc(-c4cccc(B5OC(C)(C)C(C)(C)O5)c4Cl)c3Cl)nccc2s1. The van der Waals surface area contributed by atoms with Crippen molar-refractivity contribution in [3.63, 3.8) is 0 Å². The molecule has 0 aliphatic carbocycles. The van der Waals surface area contributed by atoms with Crippen LogP contribution in [0.2, 0.25) is 10.0 Å². The highest BCUT2D eigenvalue weighted by molar-refractivity contribution is 7.18. The van der Waals surface area contributed by atoms with Gasteiger partial charge in [-0.2, -0.15) is 0 Å². The van der Waals surface area contributed by atoms with E-state index in [0.717, 1.165) is 31.8 Å². The zero-order chi connectivity index (χ0) is 25.7. The number of methoxy groups -OCH3 is 1.